The summed E-state index contributed by atoms with van der Waals surface area (Å²) in [5, 5.41) is 6.59. The van der Waals surface area contributed by atoms with Gasteiger partial charge < -0.3 is 10.2 Å². The number of halogens is 3. The fourth-order valence-corrected chi connectivity index (χ4v) is 3.33. The lowest BCUT2D eigenvalue weighted by molar-refractivity contribution is -0.116. The summed E-state index contributed by atoms with van der Waals surface area (Å²) < 4.78 is 42.0. The Bertz CT molecular complexity index is 1140. The van der Waals surface area contributed by atoms with Gasteiger partial charge in [0.25, 0.3) is 5.91 Å². The molecule has 32 heavy (non-hydrogen) atoms. The SMILES string of the molecule is CCCN(CC(=O)Nc1ccc(F)c(F)c1F)C(=O)c1ccc(-n2nc(C)cc2C)cc1. The number of carbonyl (C=O) groups is 2. The molecule has 0 saturated heterocycles. The van der Waals surface area contributed by atoms with E-state index in [2.05, 4.69) is 10.4 Å². The predicted octanol–water partition coefficient (Wildman–Crippen LogP) is 4.40. The van der Waals surface area contributed by atoms with E-state index >= 15 is 0 Å². The van der Waals surface area contributed by atoms with Crippen molar-refractivity contribution in [2.45, 2.75) is 27.2 Å². The number of hydrogen-bond donors (Lipinski definition) is 1. The molecule has 0 radical (unpaired) electrons. The van der Waals surface area contributed by atoms with Gasteiger partial charge in [0.2, 0.25) is 5.91 Å². The highest BCUT2D eigenvalue weighted by Crippen LogP contribution is 2.20. The van der Waals surface area contributed by atoms with Crippen molar-refractivity contribution in [2.75, 3.05) is 18.4 Å². The van der Waals surface area contributed by atoms with E-state index < -0.39 is 29.0 Å². The number of anilines is 1. The molecule has 2 amide bonds. The van der Waals surface area contributed by atoms with Crippen molar-refractivity contribution in [3.8, 4) is 5.69 Å². The van der Waals surface area contributed by atoms with Gasteiger partial charge in [-0.2, -0.15) is 5.10 Å². The van der Waals surface area contributed by atoms with Gasteiger partial charge in [-0.05, 0) is 62.7 Å². The molecule has 168 valence electrons. The number of aryl methyl sites for hydroxylation is 2. The summed E-state index contributed by atoms with van der Waals surface area (Å²) in [6, 6.07) is 10.4. The fourth-order valence-electron chi connectivity index (χ4n) is 3.33. The Morgan fingerprint density at radius 1 is 1.03 bits per heavy atom. The van der Waals surface area contributed by atoms with Crippen LogP contribution in [-0.2, 0) is 4.79 Å². The number of hydrogen-bond acceptors (Lipinski definition) is 3. The van der Waals surface area contributed by atoms with Crippen molar-refractivity contribution >= 4 is 17.5 Å². The van der Waals surface area contributed by atoms with Crippen LogP contribution in [0.3, 0.4) is 0 Å². The minimum atomic E-state index is -1.67. The van der Waals surface area contributed by atoms with E-state index in [0.29, 0.717) is 18.1 Å². The van der Waals surface area contributed by atoms with Crippen molar-refractivity contribution in [3.05, 3.63) is 76.9 Å². The van der Waals surface area contributed by atoms with E-state index in [1.807, 2.05) is 26.8 Å². The maximum absolute atomic E-state index is 13.8. The van der Waals surface area contributed by atoms with Crippen molar-refractivity contribution in [2.24, 2.45) is 0 Å². The summed E-state index contributed by atoms with van der Waals surface area (Å²) in [6.45, 7) is 5.58. The summed E-state index contributed by atoms with van der Waals surface area (Å²) >= 11 is 0. The first-order valence-corrected chi connectivity index (χ1v) is 10.1. The van der Waals surface area contributed by atoms with Crippen LogP contribution >= 0.6 is 0 Å². The molecule has 2 aromatic carbocycles. The van der Waals surface area contributed by atoms with Gasteiger partial charge >= 0.3 is 0 Å². The standard InChI is InChI=1S/C23H23F3N4O2/c1-4-11-29(13-20(31)27-19-10-9-18(24)21(25)22(19)26)23(32)16-5-7-17(8-6-16)30-15(3)12-14(2)28-30/h5-10,12H,4,11,13H2,1-3H3,(H,27,31). The molecule has 0 atom stereocenters. The minimum absolute atomic E-state index is 0.283. The van der Waals surface area contributed by atoms with Gasteiger partial charge in [-0.25, -0.2) is 17.9 Å². The number of amides is 2. The molecule has 1 heterocycles. The second kappa shape index (κ2) is 9.67. The van der Waals surface area contributed by atoms with E-state index in [1.165, 1.54) is 4.90 Å². The van der Waals surface area contributed by atoms with E-state index in [4.69, 9.17) is 0 Å². The number of rotatable bonds is 7. The van der Waals surface area contributed by atoms with Crippen LogP contribution in [-0.4, -0.2) is 39.6 Å². The first kappa shape index (κ1) is 23.1. The van der Waals surface area contributed by atoms with Gasteiger partial charge in [0.15, 0.2) is 17.5 Å². The van der Waals surface area contributed by atoms with Gasteiger partial charge in [-0.15, -0.1) is 0 Å². The highest BCUT2D eigenvalue weighted by molar-refractivity contribution is 5.99. The first-order valence-electron chi connectivity index (χ1n) is 10.1. The zero-order valence-corrected chi connectivity index (χ0v) is 18.0. The van der Waals surface area contributed by atoms with Crippen LogP contribution in [0.4, 0.5) is 18.9 Å². The number of nitrogens with zero attached hydrogens (tertiary/aromatic N) is 3. The molecule has 0 fully saturated rings. The molecule has 0 saturated carbocycles. The van der Waals surface area contributed by atoms with Gasteiger partial charge in [-0.3, -0.25) is 9.59 Å². The Balaban J connectivity index is 1.73. The normalized spacial score (nSPS) is 10.8. The molecule has 6 nitrogen and oxygen atoms in total. The Morgan fingerprint density at radius 3 is 2.31 bits per heavy atom. The number of nitrogens with one attached hydrogen (secondary N) is 1. The lowest BCUT2D eigenvalue weighted by atomic mass is 10.1. The van der Waals surface area contributed by atoms with Crippen molar-refractivity contribution in [1.29, 1.82) is 0 Å². The third kappa shape index (κ3) is 4.99. The molecule has 1 N–H and O–H groups in total. The van der Waals surface area contributed by atoms with E-state index in [-0.39, 0.29) is 19.0 Å². The lowest BCUT2D eigenvalue weighted by Crippen LogP contribution is -2.38. The zero-order valence-electron chi connectivity index (χ0n) is 18.0. The first-order chi connectivity index (χ1) is 15.2. The van der Waals surface area contributed by atoms with Gasteiger partial charge in [-0.1, -0.05) is 6.92 Å². The van der Waals surface area contributed by atoms with Crippen LogP contribution in [0.15, 0.2) is 42.5 Å². The fraction of sp³-hybridized carbons (Fsp3) is 0.261. The Labute approximate surface area is 183 Å². The van der Waals surface area contributed by atoms with Crippen LogP contribution in [0.25, 0.3) is 5.69 Å². The molecular weight excluding hydrogens is 421 g/mol. The molecule has 0 aliphatic heterocycles. The minimum Gasteiger partial charge on any atom is -0.329 e. The van der Waals surface area contributed by atoms with Crippen LogP contribution in [0.1, 0.15) is 35.1 Å². The second-order valence-corrected chi connectivity index (χ2v) is 7.38. The van der Waals surface area contributed by atoms with Crippen LogP contribution in [0.2, 0.25) is 0 Å². The molecule has 1 aromatic heterocycles. The molecule has 9 heteroatoms. The highest BCUT2D eigenvalue weighted by Gasteiger charge is 2.21. The van der Waals surface area contributed by atoms with Crippen LogP contribution in [0, 0.1) is 31.3 Å². The smallest absolute Gasteiger partial charge is 0.254 e. The third-order valence-electron chi connectivity index (χ3n) is 4.79. The Hall–Kier alpha value is -3.62. The molecule has 0 unspecified atom stereocenters. The van der Waals surface area contributed by atoms with Crippen molar-refractivity contribution in [3.63, 3.8) is 0 Å². The predicted molar refractivity (Wildman–Crippen MR) is 114 cm³/mol. The van der Waals surface area contributed by atoms with Crippen LogP contribution < -0.4 is 5.32 Å². The molecule has 0 aliphatic rings. The van der Waals surface area contributed by atoms with Crippen LogP contribution in [0.5, 0.6) is 0 Å². The summed E-state index contributed by atoms with van der Waals surface area (Å²) in [7, 11) is 0. The largest absolute Gasteiger partial charge is 0.329 e. The maximum Gasteiger partial charge on any atom is 0.254 e. The number of aromatic nitrogens is 2. The van der Waals surface area contributed by atoms with E-state index in [0.717, 1.165) is 23.1 Å². The van der Waals surface area contributed by atoms with Crippen molar-refractivity contribution < 1.29 is 22.8 Å². The van der Waals surface area contributed by atoms with E-state index in [9.17, 15) is 22.8 Å². The molecule has 0 aliphatic carbocycles. The Morgan fingerprint density at radius 2 is 1.72 bits per heavy atom. The quantitative estimate of drug-likeness (QED) is 0.550. The molecular formula is C23H23F3N4O2. The zero-order chi connectivity index (χ0) is 23.4. The molecule has 0 bridgehead atoms. The van der Waals surface area contributed by atoms with Gasteiger partial charge in [0.1, 0.15) is 6.54 Å². The summed E-state index contributed by atoms with van der Waals surface area (Å²) in [4.78, 5) is 26.6. The summed E-state index contributed by atoms with van der Waals surface area (Å²) in [6.07, 6.45) is 0.586. The number of carbonyl (C=O) groups excluding carboxylic acids is 2. The summed E-state index contributed by atoms with van der Waals surface area (Å²) in [5.41, 5.74) is 2.50. The summed E-state index contributed by atoms with van der Waals surface area (Å²) in [5.74, 6) is -5.63. The average Bonchev–Trinajstić information content (AvgIpc) is 3.11. The molecule has 0 spiro atoms. The third-order valence-corrected chi connectivity index (χ3v) is 4.79. The van der Waals surface area contributed by atoms with Crippen molar-refractivity contribution in [1.82, 2.24) is 14.7 Å². The topological polar surface area (TPSA) is 67.2 Å². The number of benzene rings is 2. The molecule has 3 rings (SSSR count). The monoisotopic (exact) mass is 444 g/mol. The lowest BCUT2D eigenvalue weighted by Gasteiger charge is -2.22. The maximum atomic E-state index is 13.8. The average molecular weight is 444 g/mol. The Kier molecular flexibility index (Phi) is 6.97. The molecule has 3 aromatic rings. The van der Waals surface area contributed by atoms with Gasteiger partial charge in [0.05, 0.1) is 17.1 Å². The van der Waals surface area contributed by atoms with Gasteiger partial charge in [0, 0.05) is 17.8 Å². The highest BCUT2D eigenvalue weighted by atomic mass is 19.2. The second-order valence-electron chi connectivity index (χ2n) is 7.38. The van der Waals surface area contributed by atoms with E-state index in [1.54, 1.807) is 28.9 Å².